The van der Waals surface area contributed by atoms with E-state index in [1.165, 1.54) is 12.8 Å². The average molecular weight is 271 g/mol. The molecule has 2 unspecified atom stereocenters. The van der Waals surface area contributed by atoms with E-state index < -0.39 is 6.17 Å². The van der Waals surface area contributed by atoms with Crippen molar-refractivity contribution >= 4 is 17.5 Å². The van der Waals surface area contributed by atoms with Crippen LogP contribution in [0.25, 0.3) is 0 Å². The molecule has 1 aliphatic heterocycles. The highest BCUT2D eigenvalue weighted by atomic mass is 35.5. The minimum Gasteiger partial charge on any atom is -0.338 e. The summed E-state index contributed by atoms with van der Waals surface area (Å²) in [5.74, 6) is 0.562. The molecular weight excluding hydrogens is 255 g/mol. The van der Waals surface area contributed by atoms with Gasteiger partial charge in [0.15, 0.2) is 0 Å². The van der Waals surface area contributed by atoms with Gasteiger partial charge in [-0.05, 0) is 19.3 Å². The van der Waals surface area contributed by atoms with E-state index in [0.29, 0.717) is 23.6 Å². The van der Waals surface area contributed by atoms with E-state index in [1.54, 1.807) is 12.4 Å². The van der Waals surface area contributed by atoms with Gasteiger partial charge < -0.3 is 10.2 Å². The van der Waals surface area contributed by atoms with E-state index in [-0.39, 0.29) is 6.04 Å². The number of anilines is 1. The van der Waals surface area contributed by atoms with E-state index in [4.69, 9.17) is 11.6 Å². The van der Waals surface area contributed by atoms with Crippen LogP contribution in [0.3, 0.4) is 0 Å². The second-order valence-electron chi connectivity index (χ2n) is 5.00. The highest BCUT2D eigenvalue weighted by Crippen LogP contribution is 2.24. The number of aromatic nitrogens is 2. The molecule has 0 spiro atoms. The number of nitrogens with zero attached hydrogens (tertiary/aromatic N) is 3. The van der Waals surface area contributed by atoms with Crippen molar-refractivity contribution in [3.63, 3.8) is 0 Å². The van der Waals surface area contributed by atoms with Crippen molar-refractivity contribution < 1.29 is 4.39 Å². The Bertz CT molecular complexity index is 409. The standard InChI is InChI=1S/C12H16ClFN4/c13-8-5-15-12(16-6-8)18-4-3-11(10(14)7-18)17-9-1-2-9/h5-6,9-11,17H,1-4,7H2. The lowest BCUT2D eigenvalue weighted by Crippen LogP contribution is -2.51. The van der Waals surface area contributed by atoms with Crippen molar-refractivity contribution in [2.45, 2.75) is 37.5 Å². The maximum absolute atomic E-state index is 14.1. The molecule has 0 amide bonds. The van der Waals surface area contributed by atoms with Crippen LogP contribution in [0.2, 0.25) is 5.02 Å². The quantitative estimate of drug-likeness (QED) is 0.909. The van der Waals surface area contributed by atoms with E-state index in [2.05, 4.69) is 15.3 Å². The number of halogens is 2. The molecule has 2 heterocycles. The number of piperidine rings is 1. The molecule has 0 bridgehead atoms. The third kappa shape index (κ3) is 2.72. The largest absolute Gasteiger partial charge is 0.338 e. The molecule has 1 aliphatic carbocycles. The second-order valence-corrected chi connectivity index (χ2v) is 5.44. The van der Waals surface area contributed by atoms with Gasteiger partial charge in [-0.1, -0.05) is 11.6 Å². The zero-order chi connectivity index (χ0) is 12.5. The number of nitrogens with one attached hydrogen (secondary N) is 1. The summed E-state index contributed by atoms with van der Waals surface area (Å²) in [6.07, 6.45) is 5.40. The van der Waals surface area contributed by atoms with Crippen LogP contribution in [0.4, 0.5) is 10.3 Å². The van der Waals surface area contributed by atoms with Crippen LogP contribution < -0.4 is 10.2 Å². The molecule has 18 heavy (non-hydrogen) atoms. The maximum Gasteiger partial charge on any atom is 0.225 e. The fourth-order valence-electron chi connectivity index (χ4n) is 2.30. The number of rotatable bonds is 3. The molecule has 1 saturated heterocycles. The summed E-state index contributed by atoms with van der Waals surface area (Å²) >= 11 is 5.74. The van der Waals surface area contributed by atoms with Gasteiger partial charge in [0.05, 0.1) is 24.0 Å². The van der Waals surface area contributed by atoms with Crippen molar-refractivity contribution in [1.82, 2.24) is 15.3 Å². The minimum atomic E-state index is -0.862. The van der Waals surface area contributed by atoms with Crippen LogP contribution in [0, 0.1) is 0 Å². The maximum atomic E-state index is 14.1. The normalized spacial score (nSPS) is 28.4. The van der Waals surface area contributed by atoms with E-state index in [9.17, 15) is 4.39 Å². The zero-order valence-corrected chi connectivity index (χ0v) is 10.8. The van der Waals surface area contributed by atoms with Gasteiger partial charge in [-0.25, -0.2) is 14.4 Å². The number of hydrogen-bond acceptors (Lipinski definition) is 4. The fourth-order valence-corrected chi connectivity index (χ4v) is 2.39. The summed E-state index contributed by atoms with van der Waals surface area (Å²) in [5.41, 5.74) is 0. The Morgan fingerprint density at radius 1 is 1.28 bits per heavy atom. The van der Waals surface area contributed by atoms with Crippen LogP contribution in [0.5, 0.6) is 0 Å². The highest BCUT2D eigenvalue weighted by Gasteiger charge is 2.34. The first-order chi connectivity index (χ1) is 8.72. The van der Waals surface area contributed by atoms with Gasteiger partial charge in [-0.3, -0.25) is 0 Å². The lowest BCUT2D eigenvalue weighted by atomic mass is 10.0. The van der Waals surface area contributed by atoms with Crippen molar-refractivity contribution in [2.75, 3.05) is 18.0 Å². The Kier molecular flexibility index (Phi) is 3.35. The average Bonchev–Trinajstić information content (AvgIpc) is 3.17. The van der Waals surface area contributed by atoms with Crippen LogP contribution in [-0.2, 0) is 0 Å². The van der Waals surface area contributed by atoms with Gasteiger partial charge in [0.1, 0.15) is 6.17 Å². The Hall–Kier alpha value is -0.940. The predicted molar refractivity (Wildman–Crippen MR) is 68.7 cm³/mol. The molecule has 2 aliphatic rings. The fraction of sp³-hybridized carbons (Fsp3) is 0.667. The zero-order valence-electron chi connectivity index (χ0n) is 10.0. The van der Waals surface area contributed by atoms with Crippen molar-refractivity contribution in [3.05, 3.63) is 17.4 Å². The molecule has 6 heteroatoms. The summed E-state index contributed by atoms with van der Waals surface area (Å²) in [7, 11) is 0. The van der Waals surface area contributed by atoms with Gasteiger partial charge in [-0.15, -0.1) is 0 Å². The minimum absolute atomic E-state index is 0.0129. The molecule has 4 nitrogen and oxygen atoms in total. The van der Waals surface area contributed by atoms with Crippen LogP contribution in [0.1, 0.15) is 19.3 Å². The van der Waals surface area contributed by atoms with Gasteiger partial charge in [0.2, 0.25) is 5.95 Å². The number of alkyl halides is 1. The molecule has 1 N–H and O–H groups in total. The Balaban J connectivity index is 1.61. The topological polar surface area (TPSA) is 41.1 Å². The summed E-state index contributed by atoms with van der Waals surface area (Å²) in [5, 5.41) is 3.86. The molecule has 1 saturated carbocycles. The molecule has 0 radical (unpaired) electrons. The lowest BCUT2D eigenvalue weighted by Gasteiger charge is -2.35. The number of hydrogen-bond donors (Lipinski definition) is 1. The molecule has 3 rings (SSSR count). The van der Waals surface area contributed by atoms with Gasteiger partial charge in [0, 0.05) is 18.6 Å². The van der Waals surface area contributed by atoms with E-state index in [0.717, 1.165) is 13.0 Å². The van der Waals surface area contributed by atoms with E-state index >= 15 is 0 Å². The van der Waals surface area contributed by atoms with Gasteiger partial charge in [0.25, 0.3) is 0 Å². The smallest absolute Gasteiger partial charge is 0.225 e. The first-order valence-corrected chi connectivity index (χ1v) is 6.73. The van der Waals surface area contributed by atoms with Gasteiger partial charge in [-0.2, -0.15) is 0 Å². The van der Waals surface area contributed by atoms with Crippen LogP contribution in [-0.4, -0.2) is 41.3 Å². The molecule has 1 aromatic heterocycles. The molecule has 1 aromatic rings. The molecular formula is C12H16ClFN4. The molecule has 0 aromatic carbocycles. The van der Waals surface area contributed by atoms with Crippen molar-refractivity contribution in [1.29, 1.82) is 0 Å². The molecule has 2 atom stereocenters. The monoisotopic (exact) mass is 270 g/mol. The molecule has 2 fully saturated rings. The molecule has 98 valence electrons. The third-order valence-electron chi connectivity index (χ3n) is 3.46. The Labute approximate surface area is 111 Å². The second kappa shape index (κ2) is 4.97. The first-order valence-electron chi connectivity index (χ1n) is 6.35. The summed E-state index contributed by atoms with van der Waals surface area (Å²) in [6.45, 7) is 1.14. The van der Waals surface area contributed by atoms with Crippen LogP contribution >= 0.6 is 11.6 Å². The summed E-state index contributed by atoms with van der Waals surface area (Å²) in [4.78, 5) is 10.1. The van der Waals surface area contributed by atoms with Crippen molar-refractivity contribution in [3.8, 4) is 0 Å². The van der Waals surface area contributed by atoms with Crippen molar-refractivity contribution in [2.24, 2.45) is 0 Å². The Morgan fingerprint density at radius 3 is 2.61 bits per heavy atom. The van der Waals surface area contributed by atoms with Crippen LogP contribution in [0.15, 0.2) is 12.4 Å². The van der Waals surface area contributed by atoms with E-state index in [1.807, 2.05) is 4.90 Å². The lowest BCUT2D eigenvalue weighted by molar-refractivity contribution is 0.217. The third-order valence-corrected chi connectivity index (χ3v) is 3.65. The first kappa shape index (κ1) is 12.1. The summed E-state index contributed by atoms with van der Waals surface area (Å²) in [6, 6.07) is 0.535. The summed E-state index contributed by atoms with van der Waals surface area (Å²) < 4.78 is 14.1. The highest BCUT2D eigenvalue weighted by molar-refractivity contribution is 6.30. The SMILES string of the molecule is FC1CN(c2ncc(Cl)cn2)CCC1NC1CC1. The Morgan fingerprint density at radius 2 is 2.00 bits per heavy atom. The predicted octanol–water partition coefficient (Wildman–Crippen LogP) is 1.80. The van der Waals surface area contributed by atoms with Gasteiger partial charge >= 0.3 is 0 Å².